The molecule has 21 heavy (non-hydrogen) atoms. The van der Waals surface area contributed by atoms with Crippen molar-refractivity contribution in [2.75, 3.05) is 37.6 Å². The number of anilines is 1. The van der Waals surface area contributed by atoms with Gasteiger partial charge in [-0.05, 0) is 23.6 Å². The zero-order valence-corrected chi connectivity index (χ0v) is 13.3. The van der Waals surface area contributed by atoms with E-state index >= 15 is 0 Å². The minimum absolute atomic E-state index is 0.613. The molecule has 0 radical (unpaired) electrons. The van der Waals surface area contributed by atoms with Crippen LogP contribution in [0.15, 0.2) is 24.4 Å². The molecule has 0 saturated heterocycles. The molecule has 0 fully saturated rings. The van der Waals surface area contributed by atoms with Gasteiger partial charge in [-0.1, -0.05) is 6.92 Å². The van der Waals surface area contributed by atoms with Crippen LogP contribution in [0.25, 0.3) is 10.8 Å². The molecule has 5 nitrogen and oxygen atoms in total. The molecule has 0 spiro atoms. The largest absolute Gasteiger partial charge is 0.493 e. The SMILES string of the molecule is CCS(=O)CCNc1nccc2cc(OC)c(OC)cc12. The Labute approximate surface area is 127 Å². The van der Waals surface area contributed by atoms with Crippen molar-refractivity contribution < 1.29 is 13.7 Å². The van der Waals surface area contributed by atoms with Gasteiger partial charge >= 0.3 is 0 Å². The van der Waals surface area contributed by atoms with E-state index in [-0.39, 0.29) is 0 Å². The Hall–Kier alpha value is -1.82. The summed E-state index contributed by atoms with van der Waals surface area (Å²) in [5.74, 6) is 3.41. The van der Waals surface area contributed by atoms with Gasteiger partial charge in [0, 0.05) is 40.4 Å². The van der Waals surface area contributed by atoms with Gasteiger partial charge in [0.2, 0.25) is 0 Å². The molecular weight excluding hydrogens is 288 g/mol. The zero-order chi connectivity index (χ0) is 15.2. The Balaban J connectivity index is 2.29. The molecule has 1 heterocycles. The Morgan fingerprint density at radius 2 is 1.95 bits per heavy atom. The van der Waals surface area contributed by atoms with Crippen molar-refractivity contribution in [1.29, 1.82) is 0 Å². The predicted molar refractivity (Wildman–Crippen MR) is 86.9 cm³/mol. The number of benzene rings is 1. The lowest BCUT2D eigenvalue weighted by molar-refractivity contribution is 0.356. The average Bonchev–Trinajstić information content (AvgIpc) is 2.53. The number of ether oxygens (including phenoxy) is 2. The molecule has 0 aliphatic heterocycles. The Morgan fingerprint density at radius 1 is 1.24 bits per heavy atom. The van der Waals surface area contributed by atoms with Crippen molar-refractivity contribution in [1.82, 2.24) is 4.98 Å². The van der Waals surface area contributed by atoms with Gasteiger partial charge in [-0.2, -0.15) is 0 Å². The Bertz CT molecular complexity index is 646. The van der Waals surface area contributed by atoms with E-state index in [1.165, 1.54) is 0 Å². The number of nitrogens with zero attached hydrogens (tertiary/aromatic N) is 1. The number of hydrogen-bond donors (Lipinski definition) is 1. The number of rotatable bonds is 7. The van der Waals surface area contributed by atoms with Crippen molar-refractivity contribution in [2.24, 2.45) is 0 Å². The summed E-state index contributed by atoms with van der Waals surface area (Å²) in [6.07, 6.45) is 1.74. The lowest BCUT2D eigenvalue weighted by atomic mass is 10.1. The molecule has 114 valence electrons. The first-order valence-electron chi connectivity index (χ1n) is 6.79. The number of aromatic nitrogens is 1. The first-order chi connectivity index (χ1) is 10.2. The van der Waals surface area contributed by atoms with Gasteiger partial charge in [-0.15, -0.1) is 0 Å². The number of nitrogens with one attached hydrogen (secondary N) is 1. The van der Waals surface area contributed by atoms with Crippen molar-refractivity contribution in [3.63, 3.8) is 0 Å². The highest BCUT2D eigenvalue weighted by molar-refractivity contribution is 7.84. The molecular formula is C15H20N2O3S. The highest BCUT2D eigenvalue weighted by atomic mass is 32.2. The summed E-state index contributed by atoms with van der Waals surface area (Å²) in [4.78, 5) is 4.35. The third kappa shape index (κ3) is 3.64. The second-order valence-corrected chi connectivity index (χ2v) is 6.31. The third-order valence-electron chi connectivity index (χ3n) is 3.21. The zero-order valence-electron chi connectivity index (χ0n) is 12.5. The normalized spacial score (nSPS) is 12.1. The molecule has 0 bridgehead atoms. The molecule has 1 atom stereocenters. The molecule has 1 aromatic carbocycles. The van der Waals surface area contributed by atoms with E-state index in [2.05, 4.69) is 10.3 Å². The van der Waals surface area contributed by atoms with E-state index in [0.29, 0.717) is 29.5 Å². The lowest BCUT2D eigenvalue weighted by Gasteiger charge is -2.12. The van der Waals surface area contributed by atoms with Crippen LogP contribution in [0.3, 0.4) is 0 Å². The summed E-state index contributed by atoms with van der Waals surface area (Å²) in [7, 11) is 2.44. The fourth-order valence-electron chi connectivity index (χ4n) is 2.07. The van der Waals surface area contributed by atoms with E-state index in [4.69, 9.17) is 9.47 Å². The first-order valence-corrected chi connectivity index (χ1v) is 8.28. The number of fused-ring (bicyclic) bond motifs is 1. The van der Waals surface area contributed by atoms with Gasteiger partial charge in [0.05, 0.1) is 14.2 Å². The highest BCUT2D eigenvalue weighted by Crippen LogP contribution is 2.34. The van der Waals surface area contributed by atoms with Gasteiger partial charge in [-0.25, -0.2) is 4.98 Å². The van der Waals surface area contributed by atoms with Crippen LogP contribution in [0.4, 0.5) is 5.82 Å². The summed E-state index contributed by atoms with van der Waals surface area (Å²) in [6.45, 7) is 2.55. The second-order valence-electron chi connectivity index (χ2n) is 4.45. The Kier molecular flexibility index (Phi) is 5.38. The molecule has 1 unspecified atom stereocenters. The van der Waals surface area contributed by atoms with E-state index in [1.54, 1.807) is 20.4 Å². The summed E-state index contributed by atoms with van der Waals surface area (Å²) in [5, 5.41) is 5.21. The van der Waals surface area contributed by atoms with E-state index < -0.39 is 10.8 Å². The lowest BCUT2D eigenvalue weighted by Crippen LogP contribution is -2.12. The maximum absolute atomic E-state index is 11.5. The highest BCUT2D eigenvalue weighted by Gasteiger charge is 2.09. The Morgan fingerprint density at radius 3 is 2.62 bits per heavy atom. The molecule has 0 saturated carbocycles. The van der Waals surface area contributed by atoms with Crippen LogP contribution in [-0.2, 0) is 10.8 Å². The van der Waals surface area contributed by atoms with Crippen LogP contribution in [0.2, 0.25) is 0 Å². The van der Waals surface area contributed by atoms with Crippen molar-refractivity contribution >= 4 is 27.4 Å². The second kappa shape index (κ2) is 7.26. The van der Waals surface area contributed by atoms with Crippen LogP contribution in [0.5, 0.6) is 11.5 Å². The van der Waals surface area contributed by atoms with Gasteiger partial charge in [0.25, 0.3) is 0 Å². The van der Waals surface area contributed by atoms with Crippen LogP contribution >= 0.6 is 0 Å². The molecule has 6 heteroatoms. The minimum Gasteiger partial charge on any atom is -0.493 e. The van der Waals surface area contributed by atoms with Gasteiger partial charge in [0.1, 0.15) is 5.82 Å². The third-order valence-corrected chi connectivity index (χ3v) is 4.52. The molecule has 2 aromatic rings. The standard InChI is InChI=1S/C15H20N2O3S/c1-4-21(18)8-7-17-15-12-10-14(20-3)13(19-2)9-11(12)5-6-16-15/h5-6,9-10H,4,7-8H2,1-3H3,(H,16,17). The van der Waals surface area contributed by atoms with Gasteiger partial charge < -0.3 is 14.8 Å². The summed E-state index contributed by atoms with van der Waals surface area (Å²) < 4.78 is 22.1. The number of methoxy groups -OCH3 is 2. The summed E-state index contributed by atoms with van der Waals surface area (Å²) >= 11 is 0. The van der Waals surface area contributed by atoms with Crippen LogP contribution < -0.4 is 14.8 Å². The van der Waals surface area contributed by atoms with Gasteiger partial charge in [-0.3, -0.25) is 4.21 Å². The monoisotopic (exact) mass is 308 g/mol. The summed E-state index contributed by atoms with van der Waals surface area (Å²) in [5.41, 5.74) is 0. The predicted octanol–water partition coefficient (Wildman–Crippen LogP) is 2.43. The minimum atomic E-state index is -0.780. The van der Waals surface area contributed by atoms with Crippen LogP contribution in [0, 0.1) is 0 Å². The molecule has 0 aliphatic rings. The fourth-order valence-corrected chi connectivity index (χ4v) is 2.69. The molecule has 0 aliphatic carbocycles. The molecule has 1 N–H and O–H groups in total. The fraction of sp³-hybridized carbons (Fsp3) is 0.400. The van der Waals surface area contributed by atoms with Crippen molar-refractivity contribution in [3.8, 4) is 11.5 Å². The van der Waals surface area contributed by atoms with Gasteiger partial charge in [0.15, 0.2) is 11.5 Å². The quantitative estimate of drug-likeness (QED) is 0.851. The summed E-state index contributed by atoms with van der Waals surface area (Å²) in [6, 6.07) is 5.75. The maximum Gasteiger partial charge on any atom is 0.161 e. The molecule has 0 amide bonds. The molecule has 1 aromatic heterocycles. The topological polar surface area (TPSA) is 60.5 Å². The van der Waals surface area contributed by atoms with E-state index in [9.17, 15) is 4.21 Å². The maximum atomic E-state index is 11.5. The van der Waals surface area contributed by atoms with Crippen LogP contribution in [0.1, 0.15) is 6.92 Å². The van der Waals surface area contributed by atoms with E-state index in [0.717, 1.165) is 16.6 Å². The number of hydrogen-bond acceptors (Lipinski definition) is 5. The smallest absolute Gasteiger partial charge is 0.161 e. The average molecular weight is 308 g/mol. The van der Waals surface area contributed by atoms with Crippen LogP contribution in [-0.4, -0.2) is 41.5 Å². The first kappa shape index (κ1) is 15.6. The van der Waals surface area contributed by atoms with Crippen molar-refractivity contribution in [2.45, 2.75) is 6.92 Å². The van der Waals surface area contributed by atoms with E-state index in [1.807, 2.05) is 25.1 Å². The molecule has 2 rings (SSSR count). The number of pyridine rings is 1. The van der Waals surface area contributed by atoms with Crippen molar-refractivity contribution in [3.05, 3.63) is 24.4 Å².